The minimum absolute atomic E-state index is 0.364. The van der Waals surface area contributed by atoms with E-state index in [1.165, 1.54) is 10.4 Å². The van der Waals surface area contributed by atoms with E-state index in [9.17, 15) is 0 Å². The van der Waals surface area contributed by atoms with Crippen molar-refractivity contribution < 1.29 is 4.74 Å². The number of ether oxygens (including phenoxy) is 1. The van der Waals surface area contributed by atoms with Crippen LogP contribution in [0.4, 0.5) is 0 Å². The molecule has 0 unspecified atom stereocenters. The normalized spacial score (nSPS) is 12.4. The highest BCUT2D eigenvalue weighted by atomic mass is 79.9. The van der Waals surface area contributed by atoms with Crippen LogP contribution in [0, 0.1) is 0 Å². The quantitative estimate of drug-likeness (QED) is 0.881. The minimum atomic E-state index is 0.364. The van der Waals surface area contributed by atoms with Crippen molar-refractivity contribution in [1.82, 2.24) is 5.32 Å². The molecule has 0 saturated heterocycles. The number of thiophene rings is 1. The Morgan fingerprint density at radius 2 is 2.22 bits per heavy atom. The summed E-state index contributed by atoms with van der Waals surface area (Å²) in [7, 11) is 1.69. The summed E-state index contributed by atoms with van der Waals surface area (Å²) in [6.45, 7) is 3.00. The number of benzene rings is 1. The summed E-state index contributed by atoms with van der Waals surface area (Å²) in [4.78, 5) is 1.36. The van der Waals surface area contributed by atoms with E-state index in [0.717, 1.165) is 16.8 Å². The number of methoxy groups -OCH3 is 1. The van der Waals surface area contributed by atoms with E-state index in [1.54, 1.807) is 18.4 Å². The predicted octanol–water partition coefficient (Wildman–Crippen LogP) is 4.37. The van der Waals surface area contributed by atoms with E-state index in [2.05, 4.69) is 51.7 Å². The molecule has 18 heavy (non-hydrogen) atoms. The third kappa shape index (κ3) is 3.34. The number of nitrogens with one attached hydrogen (secondary N) is 1. The van der Waals surface area contributed by atoms with Crippen LogP contribution < -0.4 is 10.1 Å². The van der Waals surface area contributed by atoms with Crippen LogP contribution in [0.25, 0.3) is 0 Å². The molecule has 1 aromatic heterocycles. The molecule has 0 amide bonds. The first-order valence-corrected chi connectivity index (χ1v) is 7.47. The number of hydrogen-bond donors (Lipinski definition) is 1. The van der Waals surface area contributed by atoms with Gasteiger partial charge in [-0.25, -0.2) is 0 Å². The van der Waals surface area contributed by atoms with Gasteiger partial charge in [-0.05, 0) is 42.1 Å². The summed E-state index contributed by atoms with van der Waals surface area (Å²) in [5.41, 5.74) is 1.21. The Morgan fingerprint density at radius 3 is 2.89 bits per heavy atom. The van der Waals surface area contributed by atoms with E-state index >= 15 is 0 Å². The van der Waals surface area contributed by atoms with Gasteiger partial charge >= 0.3 is 0 Å². The first-order valence-electron chi connectivity index (χ1n) is 5.80. The maximum Gasteiger partial charge on any atom is 0.119 e. The molecule has 0 radical (unpaired) electrons. The van der Waals surface area contributed by atoms with Crippen molar-refractivity contribution in [2.45, 2.75) is 19.5 Å². The van der Waals surface area contributed by atoms with Crippen LogP contribution in [-0.2, 0) is 6.54 Å². The van der Waals surface area contributed by atoms with E-state index in [1.807, 2.05) is 12.1 Å². The van der Waals surface area contributed by atoms with Crippen LogP contribution >= 0.6 is 27.3 Å². The number of hydrogen-bond acceptors (Lipinski definition) is 3. The lowest BCUT2D eigenvalue weighted by Crippen LogP contribution is -2.17. The zero-order valence-electron chi connectivity index (χ0n) is 10.4. The van der Waals surface area contributed by atoms with Crippen molar-refractivity contribution in [3.63, 3.8) is 0 Å². The highest BCUT2D eigenvalue weighted by molar-refractivity contribution is 9.10. The summed E-state index contributed by atoms with van der Waals surface area (Å²) < 4.78 is 6.35. The third-order valence-corrected chi connectivity index (χ3v) is 4.65. The fourth-order valence-electron chi connectivity index (χ4n) is 1.71. The first-order chi connectivity index (χ1) is 8.70. The zero-order chi connectivity index (χ0) is 13.0. The summed E-state index contributed by atoms with van der Waals surface area (Å²) in [6, 6.07) is 10.6. The second kappa shape index (κ2) is 6.36. The molecular formula is C14H16BrNOS. The van der Waals surface area contributed by atoms with Crippen LogP contribution in [0.3, 0.4) is 0 Å². The Kier molecular flexibility index (Phi) is 4.80. The van der Waals surface area contributed by atoms with Gasteiger partial charge in [0, 0.05) is 21.9 Å². The molecular weight excluding hydrogens is 310 g/mol. The molecule has 4 heteroatoms. The molecule has 1 heterocycles. The van der Waals surface area contributed by atoms with Crippen LogP contribution in [-0.4, -0.2) is 7.11 Å². The fourth-order valence-corrected chi connectivity index (χ4v) is 2.86. The van der Waals surface area contributed by atoms with Crippen LogP contribution in [0.5, 0.6) is 5.75 Å². The maximum absolute atomic E-state index is 5.24. The predicted molar refractivity (Wildman–Crippen MR) is 80.3 cm³/mol. The molecule has 0 bridgehead atoms. The Hall–Kier alpha value is -0.840. The van der Waals surface area contributed by atoms with Crippen molar-refractivity contribution in [3.05, 3.63) is 50.6 Å². The van der Waals surface area contributed by atoms with Gasteiger partial charge in [0.05, 0.1) is 7.11 Å². The van der Waals surface area contributed by atoms with Crippen molar-refractivity contribution in [2.24, 2.45) is 0 Å². The highest BCUT2D eigenvalue weighted by Crippen LogP contribution is 2.24. The van der Waals surface area contributed by atoms with E-state index < -0.39 is 0 Å². The van der Waals surface area contributed by atoms with Gasteiger partial charge in [0.2, 0.25) is 0 Å². The lowest BCUT2D eigenvalue weighted by molar-refractivity contribution is 0.413. The largest absolute Gasteiger partial charge is 0.497 e. The summed E-state index contributed by atoms with van der Waals surface area (Å²) in [5.74, 6) is 0.888. The number of rotatable bonds is 5. The molecule has 2 nitrogen and oxygen atoms in total. The first kappa shape index (κ1) is 13.6. The molecule has 2 aromatic rings. The fraction of sp³-hybridized carbons (Fsp3) is 0.286. The van der Waals surface area contributed by atoms with Gasteiger partial charge in [-0.15, -0.1) is 11.3 Å². The molecule has 1 aromatic carbocycles. The van der Waals surface area contributed by atoms with Gasteiger partial charge in [0.15, 0.2) is 0 Å². The summed E-state index contributed by atoms with van der Waals surface area (Å²) >= 11 is 5.34. The Balaban J connectivity index is 2.01. The molecule has 0 aliphatic carbocycles. The Bertz CT molecular complexity index is 499. The molecule has 0 spiro atoms. The van der Waals surface area contributed by atoms with Gasteiger partial charge in [0.1, 0.15) is 5.75 Å². The average Bonchev–Trinajstić information content (AvgIpc) is 2.91. The standard InChI is InChI=1S/C14H16BrNOS/c1-10(14-4-3-7-18-14)16-9-11-8-12(17-2)5-6-13(11)15/h3-8,10,16H,9H2,1-2H3/t10-/m1/s1. The maximum atomic E-state index is 5.24. The third-order valence-electron chi connectivity index (χ3n) is 2.82. The van der Waals surface area contributed by atoms with Crippen LogP contribution in [0.1, 0.15) is 23.4 Å². The van der Waals surface area contributed by atoms with Crippen molar-refractivity contribution in [2.75, 3.05) is 7.11 Å². The smallest absolute Gasteiger partial charge is 0.119 e. The Labute approximate surface area is 120 Å². The molecule has 2 rings (SSSR count). The van der Waals surface area contributed by atoms with Crippen molar-refractivity contribution >= 4 is 27.3 Å². The van der Waals surface area contributed by atoms with Crippen LogP contribution in [0.15, 0.2) is 40.2 Å². The summed E-state index contributed by atoms with van der Waals surface area (Å²) in [5, 5.41) is 5.62. The molecule has 0 aliphatic heterocycles. The molecule has 0 aliphatic rings. The van der Waals surface area contributed by atoms with E-state index in [4.69, 9.17) is 4.74 Å². The number of halogens is 1. The lowest BCUT2D eigenvalue weighted by Gasteiger charge is -2.13. The Morgan fingerprint density at radius 1 is 1.39 bits per heavy atom. The molecule has 1 N–H and O–H groups in total. The van der Waals surface area contributed by atoms with E-state index in [0.29, 0.717) is 6.04 Å². The van der Waals surface area contributed by atoms with Crippen LogP contribution in [0.2, 0.25) is 0 Å². The summed E-state index contributed by atoms with van der Waals surface area (Å²) in [6.07, 6.45) is 0. The second-order valence-electron chi connectivity index (χ2n) is 4.08. The van der Waals surface area contributed by atoms with Gasteiger partial charge in [-0.2, -0.15) is 0 Å². The highest BCUT2D eigenvalue weighted by Gasteiger charge is 2.07. The SMILES string of the molecule is COc1ccc(Br)c(CN[C@H](C)c2cccs2)c1. The van der Waals surface area contributed by atoms with Gasteiger partial charge in [0.25, 0.3) is 0 Å². The van der Waals surface area contributed by atoms with Gasteiger partial charge in [-0.1, -0.05) is 22.0 Å². The molecule has 1 atom stereocenters. The van der Waals surface area contributed by atoms with Crippen molar-refractivity contribution in [3.8, 4) is 5.75 Å². The van der Waals surface area contributed by atoms with Crippen molar-refractivity contribution in [1.29, 1.82) is 0 Å². The lowest BCUT2D eigenvalue weighted by atomic mass is 10.2. The topological polar surface area (TPSA) is 21.3 Å². The molecule has 0 saturated carbocycles. The average molecular weight is 326 g/mol. The van der Waals surface area contributed by atoms with Gasteiger partial charge < -0.3 is 10.1 Å². The van der Waals surface area contributed by atoms with Gasteiger partial charge in [-0.3, -0.25) is 0 Å². The van der Waals surface area contributed by atoms with E-state index in [-0.39, 0.29) is 0 Å². The monoisotopic (exact) mass is 325 g/mol. The molecule has 0 fully saturated rings. The second-order valence-corrected chi connectivity index (χ2v) is 5.91. The zero-order valence-corrected chi connectivity index (χ0v) is 12.8. The minimum Gasteiger partial charge on any atom is -0.497 e. The molecule has 96 valence electrons.